The van der Waals surface area contributed by atoms with E-state index < -0.39 is 12.0 Å². The fraction of sp³-hybridized carbons (Fsp3) is 0.500. The highest BCUT2D eigenvalue weighted by atomic mass is 32.2. The van der Waals surface area contributed by atoms with Crippen molar-refractivity contribution in [2.24, 2.45) is 0 Å². The van der Waals surface area contributed by atoms with E-state index in [0.29, 0.717) is 18.8 Å². The smallest absolute Gasteiger partial charge is 0.322 e. The molecule has 0 aliphatic carbocycles. The van der Waals surface area contributed by atoms with Crippen molar-refractivity contribution in [3.63, 3.8) is 0 Å². The number of amides is 1. The minimum absolute atomic E-state index is 0.0159. The molecule has 1 saturated heterocycles. The minimum Gasteiger partial charge on any atom is -0.480 e. The molecule has 0 bridgehead atoms. The van der Waals surface area contributed by atoms with Gasteiger partial charge in [0.1, 0.15) is 6.04 Å². The summed E-state index contributed by atoms with van der Waals surface area (Å²) < 4.78 is 0. The van der Waals surface area contributed by atoms with Crippen LogP contribution in [-0.2, 0) is 15.3 Å². The molecule has 0 saturated carbocycles. The lowest BCUT2D eigenvalue weighted by atomic mass is 10.1. The van der Waals surface area contributed by atoms with E-state index in [9.17, 15) is 9.59 Å². The van der Waals surface area contributed by atoms with Crippen molar-refractivity contribution in [2.75, 3.05) is 25.4 Å². The highest BCUT2D eigenvalue weighted by molar-refractivity contribution is 7.99. The molecule has 1 heterocycles. The molecular weight excluding hydrogens is 300 g/mol. The van der Waals surface area contributed by atoms with E-state index in [-0.39, 0.29) is 12.5 Å². The summed E-state index contributed by atoms with van der Waals surface area (Å²) in [7, 11) is 0. The molecule has 6 heteroatoms. The Bertz CT molecular complexity index is 542. The van der Waals surface area contributed by atoms with Gasteiger partial charge in [0.15, 0.2) is 0 Å². The Labute approximate surface area is 135 Å². The number of benzene rings is 1. The van der Waals surface area contributed by atoms with Gasteiger partial charge in [-0.15, -0.1) is 11.8 Å². The topological polar surface area (TPSA) is 69.6 Å². The molecule has 2 rings (SSSR count). The second-order valence-corrected chi connectivity index (χ2v) is 6.66. The minimum atomic E-state index is -0.902. The van der Waals surface area contributed by atoms with Crippen LogP contribution in [0.4, 0.5) is 0 Å². The molecule has 2 N–H and O–H groups in total. The fourth-order valence-electron chi connectivity index (χ4n) is 2.64. The summed E-state index contributed by atoms with van der Waals surface area (Å²) >= 11 is 1.58. The number of carbonyl (C=O) groups excluding carboxylic acids is 1. The number of carbonyl (C=O) groups is 2. The number of hydrogen-bond acceptors (Lipinski definition) is 4. The van der Waals surface area contributed by atoms with Crippen molar-refractivity contribution < 1.29 is 14.7 Å². The summed E-state index contributed by atoms with van der Waals surface area (Å²) in [5.41, 5.74) is 3.68. The average Bonchev–Trinajstić information content (AvgIpc) is 2.46. The molecule has 0 aromatic heterocycles. The van der Waals surface area contributed by atoms with E-state index in [0.717, 1.165) is 5.75 Å². The molecule has 22 heavy (non-hydrogen) atoms. The van der Waals surface area contributed by atoms with Gasteiger partial charge in [-0.2, -0.15) is 0 Å². The Kier molecular flexibility index (Phi) is 5.85. The lowest BCUT2D eigenvalue weighted by Crippen LogP contribution is -2.56. The predicted molar refractivity (Wildman–Crippen MR) is 88.1 cm³/mol. The van der Waals surface area contributed by atoms with Gasteiger partial charge in [-0.3, -0.25) is 9.59 Å². The third-order valence-electron chi connectivity index (χ3n) is 3.60. The Balaban J connectivity index is 1.81. The zero-order valence-corrected chi connectivity index (χ0v) is 13.8. The zero-order chi connectivity index (χ0) is 16.1. The van der Waals surface area contributed by atoms with Crippen LogP contribution in [0.5, 0.6) is 0 Å². The van der Waals surface area contributed by atoms with Gasteiger partial charge in [0.05, 0.1) is 5.75 Å². The molecule has 1 amide bonds. The zero-order valence-electron chi connectivity index (χ0n) is 13.0. The lowest BCUT2D eigenvalue weighted by Gasteiger charge is -2.31. The van der Waals surface area contributed by atoms with E-state index in [4.69, 9.17) is 5.11 Å². The largest absolute Gasteiger partial charge is 0.480 e. The van der Waals surface area contributed by atoms with Crippen LogP contribution in [0.1, 0.15) is 16.7 Å². The third kappa shape index (κ3) is 4.74. The number of hydrogen-bond donors (Lipinski definition) is 2. The molecule has 1 fully saturated rings. The van der Waals surface area contributed by atoms with E-state index in [1.54, 1.807) is 16.7 Å². The number of carboxylic acid groups (broad SMARTS) is 1. The number of carboxylic acids is 1. The van der Waals surface area contributed by atoms with E-state index in [2.05, 4.69) is 37.4 Å². The average molecular weight is 322 g/mol. The van der Waals surface area contributed by atoms with Crippen molar-refractivity contribution >= 4 is 23.6 Å². The molecule has 1 aliphatic rings. The molecule has 1 aromatic carbocycles. The Hall–Kier alpha value is -1.53. The van der Waals surface area contributed by atoms with Crippen molar-refractivity contribution in [2.45, 2.75) is 25.6 Å². The molecule has 1 aromatic rings. The van der Waals surface area contributed by atoms with E-state index in [1.807, 2.05) is 0 Å². The first-order chi connectivity index (χ1) is 10.5. The quantitative estimate of drug-likeness (QED) is 0.858. The molecule has 0 radical (unpaired) electrons. The highest BCUT2D eigenvalue weighted by Gasteiger charge is 2.27. The monoisotopic (exact) mass is 322 g/mol. The summed E-state index contributed by atoms with van der Waals surface area (Å²) in [5, 5.41) is 11.9. The molecule has 1 unspecified atom stereocenters. The van der Waals surface area contributed by atoms with Gasteiger partial charge in [-0.05, 0) is 19.4 Å². The second-order valence-electron chi connectivity index (χ2n) is 5.67. The SMILES string of the molecule is Cc1cc(C)cc(CSCC(=O)N2CCNC(C(=O)O)C2)c1. The van der Waals surface area contributed by atoms with Crippen molar-refractivity contribution in [1.82, 2.24) is 10.2 Å². The molecule has 0 spiro atoms. The number of thioether (sulfide) groups is 1. The van der Waals surface area contributed by atoms with Gasteiger partial charge in [0.25, 0.3) is 0 Å². The summed E-state index contributed by atoms with van der Waals surface area (Å²) in [5.74, 6) is 0.296. The van der Waals surface area contributed by atoms with Crippen LogP contribution in [0.25, 0.3) is 0 Å². The highest BCUT2D eigenvalue weighted by Crippen LogP contribution is 2.16. The number of aliphatic carboxylic acids is 1. The van der Waals surface area contributed by atoms with Crippen LogP contribution in [0, 0.1) is 13.8 Å². The number of nitrogens with one attached hydrogen (secondary N) is 1. The number of aryl methyl sites for hydroxylation is 2. The van der Waals surface area contributed by atoms with Gasteiger partial charge in [-0.1, -0.05) is 29.3 Å². The normalized spacial score (nSPS) is 18.3. The van der Waals surface area contributed by atoms with Crippen LogP contribution < -0.4 is 5.32 Å². The van der Waals surface area contributed by atoms with Crippen LogP contribution in [0.3, 0.4) is 0 Å². The Morgan fingerprint density at radius 1 is 1.32 bits per heavy atom. The molecule has 1 atom stereocenters. The van der Waals surface area contributed by atoms with Crippen molar-refractivity contribution in [3.8, 4) is 0 Å². The molecule has 120 valence electrons. The number of piperazine rings is 1. The number of rotatable bonds is 5. The van der Waals surface area contributed by atoms with Gasteiger partial charge in [0, 0.05) is 25.4 Å². The van der Waals surface area contributed by atoms with Crippen LogP contribution >= 0.6 is 11.8 Å². The van der Waals surface area contributed by atoms with Gasteiger partial charge < -0.3 is 15.3 Å². The van der Waals surface area contributed by atoms with E-state index in [1.165, 1.54) is 16.7 Å². The predicted octanol–water partition coefficient (Wildman–Crippen LogP) is 1.42. The van der Waals surface area contributed by atoms with Gasteiger partial charge in [0.2, 0.25) is 5.91 Å². The Morgan fingerprint density at radius 2 is 2.00 bits per heavy atom. The molecule has 1 aliphatic heterocycles. The first-order valence-corrected chi connectivity index (χ1v) is 8.50. The summed E-state index contributed by atoms with van der Waals surface area (Å²) in [6, 6.07) is 5.75. The maximum absolute atomic E-state index is 12.2. The first kappa shape index (κ1) is 16.8. The van der Waals surface area contributed by atoms with Gasteiger partial charge >= 0.3 is 5.97 Å². The molecule has 5 nitrogen and oxygen atoms in total. The van der Waals surface area contributed by atoms with Crippen LogP contribution in [0.15, 0.2) is 18.2 Å². The summed E-state index contributed by atoms with van der Waals surface area (Å²) in [6.07, 6.45) is 0. The summed E-state index contributed by atoms with van der Waals surface area (Å²) in [6.45, 7) is 5.49. The second kappa shape index (κ2) is 7.65. The lowest BCUT2D eigenvalue weighted by molar-refractivity contribution is -0.142. The third-order valence-corrected chi connectivity index (χ3v) is 4.59. The maximum atomic E-state index is 12.2. The van der Waals surface area contributed by atoms with E-state index >= 15 is 0 Å². The molecular formula is C16H22N2O3S. The van der Waals surface area contributed by atoms with Crippen molar-refractivity contribution in [1.29, 1.82) is 0 Å². The fourth-order valence-corrected chi connectivity index (χ4v) is 3.50. The summed E-state index contributed by atoms with van der Waals surface area (Å²) in [4.78, 5) is 24.8. The maximum Gasteiger partial charge on any atom is 0.322 e. The Morgan fingerprint density at radius 3 is 2.64 bits per heavy atom. The van der Waals surface area contributed by atoms with Crippen LogP contribution in [-0.4, -0.2) is 53.3 Å². The first-order valence-electron chi connectivity index (χ1n) is 7.34. The van der Waals surface area contributed by atoms with Crippen molar-refractivity contribution in [3.05, 3.63) is 34.9 Å². The van der Waals surface area contributed by atoms with Gasteiger partial charge in [-0.25, -0.2) is 0 Å². The number of nitrogens with zero attached hydrogens (tertiary/aromatic N) is 1. The standard InChI is InChI=1S/C16H22N2O3S/c1-11-5-12(2)7-13(6-11)9-22-10-15(19)18-4-3-17-14(8-18)16(20)21/h5-7,14,17H,3-4,8-10H2,1-2H3,(H,20,21). The van der Waals surface area contributed by atoms with Crippen LogP contribution in [0.2, 0.25) is 0 Å².